The highest BCUT2D eigenvalue weighted by atomic mass is 16.1. The molecule has 0 aromatic rings. The van der Waals surface area contributed by atoms with Crippen molar-refractivity contribution in [3.63, 3.8) is 0 Å². The van der Waals surface area contributed by atoms with Gasteiger partial charge >= 0.3 is 0 Å². The van der Waals surface area contributed by atoms with Gasteiger partial charge in [-0.25, -0.2) is 0 Å². The molecule has 0 aromatic carbocycles. The van der Waals surface area contributed by atoms with Crippen molar-refractivity contribution >= 4 is 5.78 Å². The van der Waals surface area contributed by atoms with Crippen molar-refractivity contribution in [2.45, 2.75) is 33.1 Å². The Morgan fingerprint density at radius 2 is 2.17 bits per heavy atom. The van der Waals surface area contributed by atoms with E-state index in [1.807, 2.05) is 0 Å². The van der Waals surface area contributed by atoms with Gasteiger partial charge in [-0.1, -0.05) is 26.0 Å². The van der Waals surface area contributed by atoms with Crippen LogP contribution in [-0.4, -0.2) is 5.78 Å². The summed E-state index contributed by atoms with van der Waals surface area (Å²) in [5.41, 5.74) is 1.42. The van der Waals surface area contributed by atoms with Crippen LogP contribution in [-0.2, 0) is 4.79 Å². The van der Waals surface area contributed by atoms with E-state index in [9.17, 15) is 4.79 Å². The van der Waals surface area contributed by atoms with Crippen LogP contribution in [0.3, 0.4) is 0 Å². The van der Waals surface area contributed by atoms with Gasteiger partial charge in [0.2, 0.25) is 0 Å². The summed E-state index contributed by atoms with van der Waals surface area (Å²) in [6, 6.07) is 0. The summed E-state index contributed by atoms with van der Waals surface area (Å²) < 4.78 is 0. The molecule has 2 saturated carbocycles. The third-order valence-corrected chi connectivity index (χ3v) is 3.61. The monoisotopic (exact) mass is 164 g/mol. The maximum Gasteiger partial charge on any atom is 0.143 e. The second kappa shape index (κ2) is 2.21. The van der Waals surface area contributed by atoms with Crippen molar-refractivity contribution < 1.29 is 4.79 Å². The average molecular weight is 164 g/mol. The van der Waals surface area contributed by atoms with Crippen LogP contribution in [0.15, 0.2) is 12.2 Å². The fraction of sp³-hybridized carbons (Fsp3) is 0.727. The van der Waals surface area contributed by atoms with E-state index in [2.05, 4.69) is 20.4 Å². The molecule has 12 heavy (non-hydrogen) atoms. The smallest absolute Gasteiger partial charge is 0.143 e. The Balaban J connectivity index is 2.36. The molecule has 66 valence electrons. The molecule has 2 atom stereocenters. The van der Waals surface area contributed by atoms with Crippen molar-refractivity contribution in [3.8, 4) is 0 Å². The van der Waals surface area contributed by atoms with Gasteiger partial charge in [0.15, 0.2) is 0 Å². The Kier molecular flexibility index (Phi) is 1.48. The molecule has 2 rings (SSSR count). The van der Waals surface area contributed by atoms with Crippen molar-refractivity contribution in [1.29, 1.82) is 0 Å². The van der Waals surface area contributed by atoms with Gasteiger partial charge in [0.05, 0.1) is 0 Å². The quantitative estimate of drug-likeness (QED) is 0.503. The van der Waals surface area contributed by atoms with Gasteiger partial charge in [0.25, 0.3) is 0 Å². The van der Waals surface area contributed by atoms with E-state index < -0.39 is 0 Å². The Morgan fingerprint density at radius 1 is 1.50 bits per heavy atom. The van der Waals surface area contributed by atoms with Crippen LogP contribution in [0.25, 0.3) is 0 Å². The van der Waals surface area contributed by atoms with Crippen LogP contribution in [0.1, 0.15) is 33.1 Å². The highest BCUT2D eigenvalue weighted by molar-refractivity contribution is 5.90. The summed E-state index contributed by atoms with van der Waals surface area (Å²) in [5, 5.41) is 0. The highest BCUT2D eigenvalue weighted by Gasteiger charge is 2.50. The number of hydrogen-bond acceptors (Lipinski definition) is 1. The number of fused-ring (bicyclic) bond motifs is 2. The molecule has 0 N–H and O–H groups in total. The molecule has 2 aliphatic carbocycles. The third-order valence-electron chi connectivity index (χ3n) is 3.61. The topological polar surface area (TPSA) is 17.1 Å². The van der Waals surface area contributed by atoms with Gasteiger partial charge in [-0.05, 0) is 24.7 Å². The van der Waals surface area contributed by atoms with Crippen molar-refractivity contribution in [1.82, 2.24) is 0 Å². The molecule has 2 bridgehead atoms. The Bertz CT molecular complexity index is 250. The molecule has 0 heterocycles. The summed E-state index contributed by atoms with van der Waals surface area (Å²) in [5.74, 6) is 1.00. The lowest BCUT2D eigenvalue weighted by Gasteiger charge is -2.25. The molecule has 1 heteroatoms. The predicted octanol–water partition coefficient (Wildman–Crippen LogP) is 2.57. The minimum absolute atomic E-state index is 0.207. The number of ketones is 1. The number of carbonyl (C=O) groups is 1. The van der Waals surface area contributed by atoms with Gasteiger partial charge in [-0.15, -0.1) is 0 Å². The van der Waals surface area contributed by atoms with Gasteiger partial charge in [0, 0.05) is 11.8 Å². The molecule has 2 aliphatic rings. The van der Waals surface area contributed by atoms with E-state index in [0.29, 0.717) is 11.7 Å². The number of Topliss-reactive ketones (excluding diaryl/α,β-unsaturated/α-hetero) is 1. The van der Waals surface area contributed by atoms with E-state index in [4.69, 9.17) is 0 Å². The molecule has 0 radical (unpaired) electrons. The zero-order valence-corrected chi connectivity index (χ0v) is 7.89. The predicted molar refractivity (Wildman–Crippen MR) is 48.8 cm³/mol. The maximum absolute atomic E-state index is 11.8. The minimum atomic E-state index is 0.207. The number of hydrogen-bond donors (Lipinski definition) is 0. The first-order valence-corrected chi connectivity index (χ1v) is 4.74. The lowest BCUT2D eigenvalue weighted by Crippen LogP contribution is -2.26. The van der Waals surface area contributed by atoms with Gasteiger partial charge < -0.3 is 0 Å². The lowest BCUT2D eigenvalue weighted by molar-refractivity contribution is -0.125. The second-order valence-corrected chi connectivity index (χ2v) is 4.90. The van der Waals surface area contributed by atoms with Crippen LogP contribution in [0.2, 0.25) is 0 Å². The zero-order chi connectivity index (χ0) is 8.93. The summed E-state index contributed by atoms with van der Waals surface area (Å²) in [6.07, 6.45) is 3.15. The Hall–Kier alpha value is -0.590. The average Bonchev–Trinajstić information content (AvgIpc) is 2.09. The van der Waals surface area contributed by atoms with Gasteiger partial charge in [-0.2, -0.15) is 0 Å². The molecule has 2 fully saturated rings. The second-order valence-electron chi connectivity index (χ2n) is 4.90. The van der Waals surface area contributed by atoms with Crippen LogP contribution >= 0.6 is 0 Å². The van der Waals surface area contributed by atoms with Crippen molar-refractivity contribution in [2.24, 2.45) is 17.3 Å². The first kappa shape index (κ1) is 8.03. The molecule has 0 amide bonds. The van der Waals surface area contributed by atoms with E-state index in [1.165, 1.54) is 5.57 Å². The maximum atomic E-state index is 11.8. The number of allylic oxidation sites excluding steroid dienone is 1. The molecule has 0 spiro atoms. The van der Waals surface area contributed by atoms with Crippen LogP contribution < -0.4 is 0 Å². The standard InChI is InChI=1S/C11H16O/c1-7-4-5-9-10(12)8(7)6-11(9,2)3/h8-9H,1,4-6H2,2-3H3/t8-,9+/m0/s1. The molecule has 0 aliphatic heterocycles. The molecule has 0 saturated heterocycles. The number of rotatable bonds is 0. The lowest BCUT2D eigenvalue weighted by atomic mass is 9.78. The Labute approximate surface area is 73.8 Å². The van der Waals surface area contributed by atoms with Crippen molar-refractivity contribution in [3.05, 3.63) is 12.2 Å². The zero-order valence-electron chi connectivity index (χ0n) is 7.89. The summed E-state index contributed by atoms with van der Waals surface area (Å²) >= 11 is 0. The van der Waals surface area contributed by atoms with Crippen LogP contribution in [0, 0.1) is 17.3 Å². The molecular formula is C11H16O. The summed E-state index contributed by atoms with van der Waals surface area (Å²) in [6.45, 7) is 8.42. The van der Waals surface area contributed by atoms with Gasteiger partial charge in [0.1, 0.15) is 5.78 Å². The fourth-order valence-electron chi connectivity index (χ4n) is 2.78. The molecule has 0 unspecified atom stereocenters. The van der Waals surface area contributed by atoms with E-state index >= 15 is 0 Å². The first-order chi connectivity index (χ1) is 5.52. The highest BCUT2D eigenvalue weighted by Crippen LogP contribution is 2.52. The van der Waals surface area contributed by atoms with Crippen molar-refractivity contribution in [2.75, 3.05) is 0 Å². The minimum Gasteiger partial charge on any atom is -0.299 e. The largest absolute Gasteiger partial charge is 0.299 e. The summed E-state index contributed by atoms with van der Waals surface area (Å²) in [4.78, 5) is 11.8. The summed E-state index contributed by atoms with van der Waals surface area (Å²) in [7, 11) is 0. The van der Waals surface area contributed by atoms with E-state index in [-0.39, 0.29) is 11.3 Å². The van der Waals surface area contributed by atoms with Gasteiger partial charge in [-0.3, -0.25) is 4.79 Å². The molecule has 1 nitrogen and oxygen atoms in total. The normalized spacial score (nSPS) is 38.8. The Morgan fingerprint density at radius 3 is 2.75 bits per heavy atom. The third kappa shape index (κ3) is 0.886. The van der Waals surface area contributed by atoms with E-state index in [1.54, 1.807) is 0 Å². The van der Waals surface area contributed by atoms with Crippen LogP contribution in [0.4, 0.5) is 0 Å². The SMILES string of the molecule is C=C1CC[C@@H]2C(=O)[C@H]1CC2(C)C. The molecular weight excluding hydrogens is 148 g/mol. The fourth-order valence-corrected chi connectivity index (χ4v) is 2.78. The first-order valence-electron chi connectivity index (χ1n) is 4.74. The molecule has 0 aromatic heterocycles. The number of carbonyl (C=O) groups excluding carboxylic acids is 1. The van der Waals surface area contributed by atoms with E-state index in [0.717, 1.165) is 19.3 Å². The van der Waals surface area contributed by atoms with Crippen LogP contribution in [0.5, 0.6) is 0 Å².